The number of hydrogen-bond acceptors (Lipinski definition) is 4. The van der Waals surface area contributed by atoms with Crippen LogP contribution >= 0.6 is 0 Å². The van der Waals surface area contributed by atoms with Crippen molar-refractivity contribution in [2.75, 3.05) is 32.9 Å². The van der Waals surface area contributed by atoms with Gasteiger partial charge in [0.2, 0.25) is 0 Å². The smallest absolute Gasteiger partial charge is 0.164 e. The third-order valence-electron chi connectivity index (χ3n) is 3.15. The van der Waals surface area contributed by atoms with Crippen LogP contribution < -0.4 is 14.8 Å². The van der Waals surface area contributed by atoms with Crippen molar-refractivity contribution in [3.8, 4) is 11.5 Å². The average Bonchev–Trinajstić information content (AvgIpc) is 2.40. The molecule has 2 aliphatic heterocycles. The summed E-state index contributed by atoms with van der Waals surface area (Å²) >= 11 is 0. The number of nitrogens with one attached hydrogen (secondary N) is 1. The maximum atomic E-state index is 5.75. The highest BCUT2D eigenvalue weighted by molar-refractivity contribution is 5.50. The molecule has 0 aromatic heterocycles. The molecular formula is C13H17NO3. The Morgan fingerprint density at radius 3 is 2.88 bits per heavy atom. The Labute approximate surface area is 101 Å². The number of hydrogen-bond donors (Lipinski definition) is 1. The average molecular weight is 235 g/mol. The minimum absolute atomic E-state index is 0.123. The summed E-state index contributed by atoms with van der Waals surface area (Å²) in [5.41, 5.74) is 2.28. The highest BCUT2D eigenvalue weighted by Crippen LogP contribution is 2.37. The van der Waals surface area contributed by atoms with Crippen LogP contribution in [0.2, 0.25) is 0 Å². The zero-order valence-corrected chi connectivity index (χ0v) is 9.99. The zero-order valence-electron chi connectivity index (χ0n) is 9.99. The minimum atomic E-state index is 0.123. The van der Waals surface area contributed by atoms with Crippen molar-refractivity contribution in [1.82, 2.24) is 5.32 Å². The normalized spacial score (nSPS) is 23.5. The van der Waals surface area contributed by atoms with Gasteiger partial charge in [0.25, 0.3) is 0 Å². The molecule has 1 atom stereocenters. The molecule has 17 heavy (non-hydrogen) atoms. The van der Waals surface area contributed by atoms with Crippen molar-refractivity contribution in [3.05, 3.63) is 23.3 Å². The number of ether oxygens (including phenoxy) is 3. The lowest BCUT2D eigenvalue weighted by Gasteiger charge is -2.26. The molecule has 3 rings (SSSR count). The first-order valence-corrected chi connectivity index (χ1v) is 6.07. The molecule has 1 fully saturated rings. The van der Waals surface area contributed by atoms with E-state index in [1.165, 1.54) is 5.56 Å². The Morgan fingerprint density at radius 2 is 2.06 bits per heavy atom. The second-order valence-corrected chi connectivity index (χ2v) is 4.43. The molecule has 0 saturated carbocycles. The lowest BCUT2D eigenvalue weighted by molar-refractivity contribution is 0.0273. The molecule has 1 unspecified atom stereocenters. The van der Waals surface area contributed by atoms with Crippen molar-refractivity contribution in [2.24, 2.45) is 0 Å². The summed E-state index contributed by atoms with van der Waals surface area (Å²) < 4.78 is 17.0. The molecule has 0 spiro atoms. The Balaban J connectivity index is 1.92. The predicted octanol–water partition coefficient (Wildman–Crippen LogP) is 1.43. The summed E-state index contributed by atoms with van der Waals surface area (Å²) in [6, 6.07) is 4.17. The molecule has 0 radical (unpaired) electrons. The van der Waals surface area contributed by atoms with Crippen molar-refractivity contribution in [2.45, 2.75) is 13.0 Å². The molecule has 0 aliphatic carbocycles. The van der Waals surface area contributed by atoms with E-state index < -0.39 is 0 Å². The van der Waals surface area contributed by atoms with E-state index in [1.54, 1.807) is 0 Å². The summed E-state index contributed by atoms with van der Waals surface area (Å²) in [5.74, 6) is 1.73. The van der Waals surface area contributed by atoms with Gasteiger partial charge >= 0.3 is 0 Å². The van der Waals surface area contributed by atoms with Gasteiger partial charge in [0, 0.05) is 13.1 Å². The molecule has 0 amide bonds. The first kappa shape index (κ1) is 10.9. The molecule has 1 aromatic carbocycles. The molecule has 4 nitrogen and oxygen atoms in total. The van der Waals surface area contributed by atoms with Crippen LogP contribution in [0.5, 0.6) is 11.5 Å². The fourth-order valence-corrected chi connectivity index (χ4v) is 2.32. The van der Waals surface area contributed by atoms with E-state index >= 15 is 0 Å². The third-order valence-corrected chi connectivity index (χ3v) is 3.15. The quantitative estimate of drug-likeness (QED) is 0.799. The zero-order chi connectivity index (χ0) is 11.7. The second kappa shape index (κ2) is 4.55. The first-order valence-electron chi connectivity index (χ1n) is 6.07. The maximum Gasteiger partial charge on any atom is 0.164 e. The predicted molar refractivity (Wildman–Crippen MR) is 63.7 cm³/mol. The highest BCUT2D eigenvalue weighted by Gasteiger charge is 2.21. The van der Waals surface area contributed by atoms with Crippen LogP contribution in [-0.4, -0.2) is 32.9 Å². The van der Waals surface area contributed by atoms with E-state index in [-0.39, 0.29) is 6.10 Å². The van der Waals surface area contributed by atoms with Gasteiger partial charge in [-0.25, -0.2) is 0 Å². The number of fused-ring (bicyclic) bond motifs is 1. The van der Waals surface area contributed by atoms with E-state index in [0.29, 0.717) is 13.2 Å². The standard InChI is InChI=1S/C13H17NO3/c1-9-6-10(12-8-14-2-3-15-12)7-11-13(9)17-5-4-16-11/h6-7,12,14H,2-5,8H2,1H3. The van der Waals surface area contributed by atoms with Gasteiger partial charge in [-0.1, -0.05) is 0 Å². The van der Waals surface area contributed by atoms with Gasteiger partial charge in [0.05, 0.1) is 12.7 Å². The topological polar surface area (TPSA) is 39.7 Å². The summed E-state index contributed by atoms with van der Waals surface area (Å²) in [4.78, 5) is 0. The molecule has 0 bridgehead atoms. The third kappa shape index (κ3) is 2.10. The lowest BCUT2D eigenvalue weighted by Crippen LogP contribution is -2.33. The molecule has 1 N–H and O–H groups in total. The SMILES string of the molecule is Cc1cc(C2CNCCO2)cc2c1OCCO2. The number of rotatable bonds is 1. The fraction of sp³-hybridized carbons (Fsp3) is 0.538. The molecule has 4 heteroatoms. The van der Waals surface area contributed by atoms with Crippen LogP contribution in [0, 0.1) is 6.92 Å². The first-order chi connectivity index (χ1) is 8.34. The van der Waals surface area contributed by atoms with E-state index in [2.05, 4.69) is 11.4 Å². The monoisotopic (exact) mass is 235 g/mol. The van der Waals surface area contributed by atoms with Crippen molar-refractivity contribution in [3.63, 3.8) is 0 Å². The van der Waals surface area contributed by atoms with Crippen LogP contribution in [-0.2, 0) is 4.74 Å². The lowest BCUT2D eigenvalue weighted by atomic mass is 10.0. The van der Waals surface area contributed by atoms with Crippen LogP contribution in [0.25, 0.3) is 0 Å². The number of morpholine rings is 1. The molecule has 1 aromatic rings. The van der Waals surface area contributed by atoms with Gasteiger partial charge in [-0.3, -0.25) is 0 Å². The van der Waals surface area contributed by atoms with Gasteiger partial charge in [0.15, 0.2) is 11.5 Å². The van der Waals surface area contributed by atoms with Crippen LogP contribution in [0.4, 0.5) is 0 Å². The van der Waals surface area contributed by atoms with E-state index in [4.69, 9.17) is 14.2 Å². The second-order valence-electron chi connectivity index (χ2n) is 4.43. The summed E-state index contributed by atoms with van der Waals surface area (Å²) in [5, 5.41) is 3.34. The summed E-state index contributed by atoms with van der Waals surface area (Å²) in [6.07, 6.45) is 0.123. The number of aryl methyl sites for hydroxylation is 1. The van der Waals surface area contributed by atoms with Crippen LogP contribution in [0.1, 0.15) is 17.2 Å². The fourth-order valence-electron chi connectivity index (χ4n) is 2.32. The van der Waals surface area contributed by atoms with Gasteiger partial charge < -0.3 is 19.5 Å². The van der Waals surface area contributed by atoms with E-state index in [0.717, 1.165) is 36.8 Å². The Kier molecular flexibility index (Phi) is 2.91. The molecular weight excluding hydrogens is 218 g/mol. The van der Waals surface area contributed by atoms with Crippen molar-refractivity contribution in [1.29, 1.82) is 0 Å². The Hall–Kier alpha value is -1.26. The molecule has 92 valence electrons. The van der Waals surface area contributed by atoms with Crippen LogP contribution in [0.15, 0.2) is 12.1 Å². The Bertz CT molecular complexity index is 413. The summed E-state index contributed by atoms with van der Waals surface area (Å²) in [7, 11) is 0. The van der Waals surface area contributed by atoms with Gasteiger partial charge in [-0.15, -0.1) is 0 Å². The van der Waals surface area contributed by atoms with E-state index in [1.807, 2.05) is 13.0 Å². The van der Waals surface area contributed by atoms with Crippen molar-refractivity contribution < 1.29 is 14.2 Å². The largest absolute Gasteiger partial charge is 0.486 e. The maximum absolute atomic E-state index is 5.75. The molecule has 2 aliphatic rings. The van der Waals surface area contributed by atoms with Crippen molar-refractivity contribution >= 4 is 0 Å². The highest BCUT2D eigenvalue weighted by atomic mass is 16.6. The van der Waals surface area contributed by atoms with Gasteiger partial charge in [-0.05, 0) is 30.2 Å². The minimum Gasteiger partial charge on any atom is -0.486 e. The van der Waals surface area contributed by atoms with Crippen LogP contribution in [0.3, 0.4) is 0 Å². The summed E-state index contributed by atoms with van der Waals surface area (Å²) in [6.45, 7) is 5.86. The van der Waals surface area contributed by atoms with E-state index in [9.17, 15) is 0 Å². The van der Waals surface area contributed by atoms with Gasteiger partial charge in [-0.2, -0.15) is 0 Å². The molecule has 2 heterocycles. The molecule has 1 saturated heterocycles. The Morgan fingerprint density at radius 1 is 1.18 bits per heavy atom. The number of benzene rings is 1. The van der Waals surface area contributed by atoms with Gasteiger partial charge in [0.1, 0.15) is 13.2 Å².